The molecule has 11 heavy (non-hydrogen) atoms. The molecule has 0 unspecified atom stereocenters. The lowest BCUT2D eigenvalue weighted by atomic mass is 9.87. The molecule has 0 aliphatic rings. The second-order valence-electron chi connectivity index (χ2n) is 2.84. The Morgan fingerprint density at radius 3 is 2.73 bits per heavy atom. The fourth-order valence-electron chi connectivity index (χ4n) is 0.637. The molecular formula is C7H9NO2S. The fourth-order valence-corrected chi connectivity index (χ4v) is 1.34. The summed E-state index contributed by atoms with van der Waals surface area (Å²) in [6.45, 7) is 3.33. The summed E-state index contributed by atoms with van der Waals surface area (Å²) in [7, 11) is 0. The zero-order valence-corrected chi connectivity index (χ0v) is 7.18. The van der Waals surface area contributed by atoms with Gasteiger partial charge in [-0.15, -0.1) is 0 Å². The van der Waals surface area contributed by atoms with Crippen LogP contribution in [-0.4, -0.2) is 15.4 Å². The average molecular weight is 171 g/mol. The first-order valence-electron chi connectivity index (χ1n) is 3.18. The van der Waals surface area contributed by atoms with Gasteiger partial charge in [0.2, 0.25) is 0 Å². The summed E-state index contributed by atoms with van der Waals surface area (Å²) in [5.41, 5.74) is -0.0532. The Hall–Kier alpha value is -0.900. The highest BCUT2D eigenvalue weighted by Gasteiger charge is 2.29. The second kappa shape index (κ2) is 2.62. The smallest absolute Gasteiger partial charge is 0.313 e. The van der Waals surface area contributed by atoms with Crippen LogP contribution >= 0.6 is 11.5 Å². The standard InChI is InChI=1S/C7H9NO2S/c1-7(2,6(9)10)5-3-8-11-4-5/h3-4H,1-2H3,(H,9,10). The summed E-state index contributed by atoms with van der Waals surface area (Å²) >= 11 is 1.27. The fraction of sp³-hybridized carbons (Fsp3) is 0.429. The van der Waals surface area contributed by atoms with E-state index in [0.717, 1.165) is 5.56 Å². The van der Waals surface area contributed by atoms with Crippen molar-refractivity contribution in [1.82, 2.24) is 4.37 Å². The molecule has 1 rings (SSSR count). The minimum atomic E-state index is -0.822. The molecule has 0 saturated heterocycles. The van der Waals surface area contributed by atoms with E-state index in [4.69, 9.17) is 5.11 Å². The van der Waals surface area contributed by atoms with E-state index in [2.05, 4.69) is 4.37 Å². The van der Waals surface area contributed by atoms with Gasteiger partial charge in [-0.2, -0.15) is 0 Å². The van der Waals surface area contributed by atoms with Crippen LogP contribution in [0.3, 0.4) is 0 Å². The number of hydrogen-bond acceptors (Lipinski definition) is 3. The van der Waals surface area contributed by atoms with Crippen molar-refractivity contribution < 1.29 is 9.90 Å². The lowest BCUT2D eigenvalue weighted by molar-refractivity contribution is -0.142. The van der Waals surface area contributed by atoms with Crippen LogP contribution in [0, 0.1) is 0 Å². The van der Waals surface area contributed by atoms with E-state index in [1.165, 1.54) is 11.5 Å². The van der Waals surface area contributed by atoms with Gasteiger partial charge in [0.25, 0.3) is 0 Å². The number of rotatable bonds is 2. The van der Waals surface area contributed by atoms with Crippen molar-refractivity contribution in [3.8, 4) is 0 Å². The van der Waals surface area contributed by atoms with Crippen molar-refractivity contribution in [1.29, 1.82) is 0 Å². The van der Waals surface area contributed by atoms with E-state index >= 15 is 0 Å². The van der Waals surface area contributed by atoms with Crippen LogP contribution in [0.25, 0.3) is 0 Å². The second-order valence-corrected chi connectivity index (χ2v) is 3.50. The molecule has 0 fully saturated rings. The minimum Gasteiger partial charge on any atom is -0.481 e. The molecule has 1 heterocycles. The van der Waals surface area contributed by atoms with Crippen LogP contribution in [0.4, 0.5) is 0 Å². The van der Waals surface area contributed by atoms with Crippen molar-refractivity contribution in [2.45, 2.75) is 19.3 Å². The number of hydrogen-bond donors (Lipinski definition) is 1. The van der Waals surface area contributed by atoms with Gasteiger partial charge < -0.3 is 5.11 Å². The molecular weight excluding hydrogens is 162 g/mol. The molecule has 0 radical (unpaired) electrons. The monoisotopic (exact) mass is 171 g/mol. The highest BCUT2D eigenvalue weighted by Crippen LogP contribution is 2.23. The van der Waals surface area contributed by atoms with Crippen LogP contribution in [0.15, 0.2) is 11.6 Å². The van der Waals surface area contributed by atoms with Gasteiger partial charge in [-0.25, -0.2) is 4.37 Å². The molecule has 0 aliphatic carbocycles. The first kappa shape index (κ1) is 8.20. The number of aliphatic carboxylic acids is 1. The Morgan fingerprint density at radius 1 is 1.73 bits per heavy atom. The normalized spacial score (nSPS) is 11.5. The Labute approximate surface area is 68.8 Å². The van der Waals surface area contributed by atoms with E-state index in [9.17, 15) is 4.79 Å². The third kappa shape index (κ3) is 1.40. The third-order valence-electron chi connectivity index (χ3n) is 1.69. The lowest BCUT2D eigenvalue weighted by Crippen LogP contribution is -2.27. The van der Waals surface area contributed by atoms with Gasteiger partial charge in [-0.05, 0) is 30.9 Å². The largest absolute Gasteiger partial charge is 0.481 e. The molecule has 0 bridgehead atoms. The zero-order chi connectivity index (χ0) is 8.48. The number of aromatic nitrogens is 1. The van der Waals surface area contributed by atoms with Gasteiger partial charge in [0.05, 0.1) is 5.41 Å². The van der Waals surface area contributed by atoms with Crippen molar-refractivity contribution in [2.24, 2.45) is 0 Å². The van der Waals surface area contributed by atoms with E-state index in [1.54, 1.807) is 25.4 Å². The maximum Gasteiger partial charge on any atom is 0.313 e. The van der Waals surface area contributed by atoms with Crippen LogP contribution < -0.4 is 0 Å². The quantitative estimate of drug-likeness (QED) is 0.733. The number of carboxylic acid groups (broad SMARTS) is 1. The van der Waals surface area contributed by atoms with Crippen molar-refractivity contribution in [3.05, 3.63) is 17.1 Å². The molecule has 1 N–H and O–H groups in total. The van der Waals surface area contributed by atoms with Crippen LogP contribution in [0.5, 0.6) is 0 Å². The minimum absolute atomic E-state index is 0.759. The highest BCUT2D eigenvalue weighted by molar-refractivity contribution is 7.03. The molecule has 0 aliphatic heterocycles. The first-order chi connectivity index (χ1) is 5.05. The SMILES string of the molecule is CC(C)(C(=O)O)c1cnsc1. The van der Waals surface area contributed by atoms with E-state index in [1.807, 2.05) is 0 Å². The predicted molar refractivity (Wildman–Crippen MR) is 42.8 cm³/mol. The molecule has 4 heteroatoms. The summed E-state index contributed by atoms with van der Waals surface area (Å²) in [6.07, 6.45) is 1.60. The molecule has 0 amide bonds. The van der Waals surface area contributed by atoms with Gasteiger partial charge in [-0.3, -0.25) is 4.79 Å². The number of carbonyl (C=O) groups is 1. The molecule has 1 aromatic heterocycles. The Balaban J connectivity index is 3.00. The average Bonchev–Trinajstić information content (AvgIpc) is 2.37. The maximum atomic E-state index is 10.7. The Kier molecular flexibility index (Phi) is 1.95. The summed E-state index contributed by atoms with van der Waals surface area (Å²) in [6, 6.07) is 0. The molecule has 1 aromatic rings. The zero-order valence-electron chi connectivity index (χ0n) is 6.37. The third-order valence-corrected chi connectivity index (χ3v) is 2.28. The molecule has 0 spiro atoms. The first-order valence-corrected chi connectivity index (χ1v) is 4.02. The summed E-state index contributed by atoms with van der Waals surface area (Å²) in [5.74, 6) is -0.822. The topological polar surface area (TPSA) is 50.2 Å². The van der Waals surface area contributed by atoms with Gasteiger partial charge in [0.1, 0.15) is 0 Å². The molecule has 3 nitrogen and oxygen atoms in total. The Bertz CT molecular complexity index is 253. The highest BCUT2D eigenvalue weighted by atomic mass is 32.1. The van der Waals surface area contributed by atoms with E-state index in [0.29, 0.717) is 0 Å². The molecule has 0 saturated carbocycles. The number of carboxylic acids is 1. The maximum absolute atomic E-state index is 10.7. The van der Waals surface area contributed by atoms with E-state index < -0.39 is 11.4 Å². The summed E-state index contributed by atoms with van der Waals surface area (Å²) in [5, 5.41) is 10.5. The van der Waals surface area contributed by atoms with Crippen LogP contribution in [0.1, 0.15) is 19.4 Å². The summed E-state index contributed by atoms with van der Waals surface area (Å²) < 4.78 is 3.85. The van der Waals surface area contributed by atoms with E-state index in [-0.39, 0.29) is 0 Å². The van der Waals surface area contributed by atoms with Crippen molar-refractivity contribution in [3.63, 3.8) is 0 Å². The van der Waals surface area contributed by atoms with Crippen LogP contribution in [-0.2, 0) is 10.2 Å². The van der Waals surface area contributed by atoms with Crippen molar-refractivity contribution in [2.75, 3.05) is 0 Å². The Morgan fingerprint density at radius 2 is 2.36 bits per heavy atom. The van der Waals surface area contributed by atoms with Gasteiger partial charge in [-0.1, -0.05) is 0 Å². The molecule has 60 valence electrons. The molecule has 0 atom stereocenters. The van der Waals surface area contributed by atoms with Gasteiger partial charge in [0.15, 0.2) is 0 Å². The lowest BCUT2D eigenvalue weighted by Gasteiger charge is -2.16. The molecule has 0 aromatic carbocycles. The summed E-state index contributed by atoms with van der Waals surface area (Å²) in [4.78, 5) is 10.7. The van der Waals surface area contributed by atoms with Crippen molar-refractivity contribution >= 4 is 17.5 Å². The number of nitrogens with zero attached hydrogens (tertiary/aromatic N) is 1. The van der Waals surface area contributed by atoms with Gasteiger partial charge in [0, 0.05) is 11.6 Å². The predicted octanol–water partition coefficient (Wildman–Crippen LogP) is 1.51. The van der Waals surface area contributed by atoms with Gasteiger partial charge >= 0.3 is 5.97 Å². The van der Waals surface area contributed by atoms with Crippen LogP contribution in [0.2, 0.25) is 0 Å².